The van der Waals surface area contributed by atoms with Gasteiger partial charge in [0.05, 0.1) is 22.0 Å². The number of H-pyrrole nitrogens is 1. The van der Waals surface area contributed by atoms with Gasteiger partial charge in [-0.3, -0.25) is 19.1 Å². The molecule has 0 spiro atoms. The molecule has 138 valence electrons. The Morgan fingerprint density at radius 3 is 2.68 bits per heavy atom. The summed E-state index contributed by atoms with van der Waals surface area (Å²) in [7, 11) is 0. The van der Waals surface area contributed by atoms with Gasteiger partial charge in [0.15, 0.2) is 0 Å². The Balaban J connectivity index is 1.59. The zero-order valence-corrected chi connectivity index (χ0v) is 14.6. The molecule has 0 bridgehead atoms. The van der Waals surface area contributed by atoms with E-state index in [2.05, 4.69) is 11.1 Å². The summed E-state index contributed by atoms with van der Waals surface area (Å²) in [5, 5.41) is 9.71. The molecule has 0 amide bonds. The van der Waals surface area contributed by atoms with E-state index in [9.17, 15) is 19.6 Å². The summed E-state index contributed by atoms with van der Waals surface area (Å²) in [5.74, 6) is -0.654. The van der Waals surface area contributed by atoms with Gasteiger partial charge in [0.25, 0.3) is 5.56 Å². The van der Waals surface area contributed by atoms with E-state index in [1.807, 2.05) is 12.1 Å². The first kappa shape index (κ1) is 17.3. The molecule has 0 aliphatic carbocycles. The van der Waals surface area contributed by atoms with Crippen molar-refractivity contribution in [3.63, 3.8) is 0 Å². The van der Waals surface area contributed by atoms with Crippen molar-refractivity contribution in [1.29, 1.82) is 5.26 Å². The molecule has 0 aliphatic rings. The van der Waals surface area contributed by atoms with Crippen LogP contribution in [0.4, 0.5) is 0 Å². The molecule has 0 aliphatic heterocycles. The fourth-order valence-corrected chi connectivity index (χ4v) is 3.15. The SMILES string of the molecule is N#Cc1c(COC(=O)Cn2c(=O)[nH]c(=O)c3ccccc32)cn2ccccc12. The summed E-state index contributed by atoms with van der Waals surface area (Å²) in [6.45, 7) is -0.454. The van der Waals surface area contributed by atoms with E-state index >= 15 is 0 Å². The first-order valence-corrected chi connectivity index (χ1v) is 8.44. The molecule has 0 saturated carbocycles. The smallest absolute Gasteiger partial charge is 0.329 e. The predicted molar refractivity (Wildman–Crippen MR) is 101 cm³/mol. The molecule has 0 unspecified atom stereocenters. The number of ether oxygens (including phenoxy) is 1. The van der Waals surface area contributed by atoms with Crippen LogP contribution >= 0.6 is 0 Å². The quantitative estimate of drug-likeness (QED) is 0.545. The summed E-state index contributed by atoms with van der Waals surface area (Å²) in [6.07, 6.45) is 3.52. The van der Waals surface area contributed by atoms with Gasteiger partial charge >= 0.3 is 11.7 Å². The standard InChI is InChI=1S/C20H14N4O4/c21-9-15-13(10-23-8-4-3-6-16(15)23)12-28-18(25)11-24-17-7-2-1-5-14(17)19(26)22-20(24)27/h1-8,10H,11-12H2,(H,22,26,27). The van der Waals surface area contributed by atoms with Crippen LogP contribution in [0.15, 0.2) is 64.4 Å². The van der Waals surface area contributed by atoms with E-state index in [0.717, 1.165) is 10.1 Å². The number of aromatic amines is 1. The fraction of sp³-hybridized carbons (Fsp3) is 0.100. The predicted octanol–water partition coefficient (Wildman–Crippen LogP) is 1.56. The monoisotopic (exact) mass is 374 g/mol. The third kappa shape index (κ3) is 2.95. The number of benzene rings is 1. The Kier molecular flexibility index (Phi) is 4.26. The Hall–Kier alpha value is -4.12. The second-order valence-corrected chi connectivity index (χ2v) is 6.16. The number of hydrogen-bond acceptors (Lipinski definition) is 5. The largest absolute Gasteiger partial charge is 0.459 e. The summed E-state index contributed by atoms with van der Waals surface area (Å²) >= 11 is 0. The van der Waals surface area contributed by atoms with Gasteiger partial charge in [0.2, 0.25) is 0 Å². The molecule has 3 heterocycles. The van der Waals surface area contributed by atoms with Crippen molar-refractivity contribution in [1.82, 2.24) is 14.0 Å². The minimum Gasteiger partial charge on any atom is -0.459 e. The number of rotatable bonds is 4. The lowest BCUT2D eigenvalue weighted by Crippen LogP contribution is -2.32. The molecule has 0 atom stereocenters. The molecule has 4 aromatic rings. The number of nitrogens with zero attached hydrogens (tertiary/aromatic N) is 3. The summed E-state index contributed by atoms with van der Waals surface area (Å²) in [4.78, 5) is 38.5. The molecule has 0 saturated heterocycles. The summed E-state index contributed by atoms with van der Waals surface area (Å²) < 4.78 is 8.22. The Morgan fingerprint density at radius 2 is 1.86 bits per heavy atom. The van der Waals surface area contributed by atoms with Crippen LogP contribution in [0.5, 0.6) is 0 Å². The zero-order chi connectivity index (χ0) is 19.7. The third-order valence-corrected chi connectivity index (χ3v) is 4.45. The van der Waals surface area contributed by atoms with Crippen LogP contribution in [0.1, 0.15) is 11.1 Å². The molecule has 8 heteroatoms. The molecule has 1 N–H and O–H groups in total. The zero-order valence-electron chi connectivity index (χ0n) is 14.6. The van der Waals surface area contributed by atoms with Gasteiger partial charge in [-0.1, -0.05) is 18.2 Å². The Morgan fingerprint density at radius 1 is 1.11 bits per heavy atom. The molecule has 8 nitrogen and oxygen atoms in total. The van der Waals surface area contributed by atoms with Crippen LogP contribution in [-0.2, 0) is 22.7 Å². The number of nitrogens with one attached hydrogen (secondary N) is 1. The topological polar surface area (TPSA) is 109 Å². The molecular weight excluding hydrogens is 360 g/mol. The van der Waals surface area contributed by atoms with Gasteiger partial charge in [0.1, 0.15) is 19.2 Å². The van der Waals surface area contributed by atoms with Crippen molar-refractivity contribution in [2.24, 2.45) is 0 Å². The van der Waals surface area contributed by atoms with E-state index in [1.165, 1.54) is 0 Å². The van der Waals surface area contributed by atoms with Crippen molar-refractivity contribution in [2.75, 3.05) is 0 Å². The number of carbonyl (C=O) groups excluding carboxylic acids is 1. The Labute approximate surface area is 157 Å². The maximum atomic E-state index is 12.3. The minimum atomic E-state index is -0.687. The van der Waals surface area contributed by atoms with E-state index < -0.39 is 17.2 Å². The number of hydrogen-bond donors (Lipinski definition) is 1. The van der Waals surface area contributed by atoms with Gasteiger partial charge in [-0.25, -0.2) is 4.79 Å². The molecular formula is C20H14N4O4. The Bertz CT molecular complexity index is 1370. The number of aromatic nitrogens is 3. The van der Waals surface area contributed by atoms with Crippen molar-refractivity contribution >= 4 is 22.4 Å². The second kappa shape index (κ2) is 6.89. The minimum absolute atomic E-state index is 0.0978. The highest BCUT2D eigenvalue weighted by atomic mass is 16.5. The van der Waals surface area contributed by atoms with Crippen LogP contribution in [0, 0.1) is 11.3 Å². The first-order chi connectivity index (χ1) is 13.6. The molecule has 0 radical (unpaired) electrons. The van der Waals surface area contributed by atoms with Crippen LogP contribution in [0.2, 0.25) is 0 Å². The molecule has 1 aromatic carbocycles. The fourth-order valence-electron chi connectivity index (χ4n) is 3.15. The van der Waals surface area contributed by atoms with Gasteiger partial charge in [-0.15, -0.1) is 0 Å². The summed E-state index contributed by atoms with van der Waals surface area (Å²) in [6, 6.07) is 14.1. The number of para-hydroxylation sites is 1. The van der Waals surface area contributed by atoms with Gasteiger partial charge in [-0.05, 0) is 24.3 Å². The highest BCUT2D eigenvalue weighted by molar-refractivity contribution is 5.79. The van der Waals surface area contributed by atoms with E-state index in [-0.39, 0.29) is 13.2 Å². The summed E-state index contributed by atoms with van der Waals surface area (Å²) in [5.41, 5.74) is 0.873. The van der Waals surface area contributed by atoms with Crippen LogP contribution in [0.3, 0.4) is 0 Å². The van der Waals surface area contributed by atoms with Crippen LogP contribution < -0.4 is 11.2 Å². The first-order valence-electron chi connectivity index (χ1n) is 8.44. The second-order valence-electron chi connectivity index (χ2n) is 6.16. The number of carbonyl (C=O) groups is 1. The number of esters is 1. The van der Waals surface area contributed by atoms with Crippen LogP contribution in [-0.4, -0.2) is 19.9 Å². The number of pyridine rings is 1. The highest BCUT2D eigenvalue weighted by Crippen LogP contribution is 2.18. The maximum absolute atomic E-state index is 12.3. The average molecular weight is 374 g/mol. The van der Waals surface area contributed by atoms with Crippen molar-refractivity contribution in [2.45, 2.75) is 13.2 Å². The maximum Gasteiger partial charge on any atom is 0.329 e. The molecule has 3 aromatic heterocycles. The lowest BCUT2D eigenvalue weighted by molar-refractivity contribution is -0.145. The van der Waals surface area contributed by atoms with Crippen molar-refractivity contribution < 1.29 is 9.53 Å². The van der Waals surface area contributed by atoms with E-state index in [0.29, 0.717) is 22.0 Å². The van der Waals surface area contributed by atoms with Crippen molar-refractivity contribution in [3.05, 3.63) is 86.8 Å². The van der Waals surface area contributed by atoms with Crippen LogP contribution in [0.25, 0.3) is 16.4 Å². The lowest BCUT2D eigenvalue weighted by Gasteiger charge is -2.09. The number of fused-ring (bicyclic) bond motifs is 2. The van der Waals surface area contributed by atoms with Gasteiger partial charge in [0, 0.05) is 18.0 Å². The van der Waals surface area contributed by atoms with Gasteiger partial charge < -0.3 is 9.14 Å². The van der Waals surface area contributed by atoms with Crippen molar-refractivity contribution in [3.8, 4) is 6.07 Å². The van der Waals surface area contributed by atoms with E-state index in [1.54, 1.807) is 47.1 Å². The van der Waals surface area contributed by atoms with E-state index in [4.69, 9.17) is 4.74 Å². The normalized spacial score (nSPS) is 10.8. The average Bonchev–Trinajstić information content (AvgIpc) is 3.07. The van der Waals surface area contributed by atoms with Gasteiger partial charge in [-0.2, -0.15) is 5.26 Å². The third-order valence-electron chi connectivity index (χ3n) is 4.45. The number of nitriles is 1. The lowest BCUT2D eigenvalue weighted by atomic mass is 10.2. The molecule has 4 rings (SSSR count). The highest BCUT2D eigenvalue weighted by Gasteiger charge is 2.14. The molecule has 28 heavy (non-hydrogen) atoms. The molecule has 0 fully saturated rings.